The molecule has 1 spiro atoms. The minimum atomic E-state index is 0.0455. The first kappa shape index (κ1) is 13.3. The summed E-state index contributed by atoms with van der Waals surface area (Å²) in [6.45, 7) is 2.80. The van der Waals surface area contributed by atoms with E-state index in [9.17, 15) is 9.59 Å². The third-order valence-corrected chi connectivity index (χ3v) is 7.16. The average molecular weight is 317 g/mol. The fraction of sp³-hybridized carbons (Fsp3) is 0.647. The molecule has 3 heterocycles. The van der Waals surface area contributed by atoms with E-state index in [-0.39, 0.29) is 17.2 Å². The van der Waals surface area contributed by atoms with Gasteiger partial charge in [0.1, 0.15) is 5.78 Å². The van der Waals surface area contributed by atoms with Crippen molar-refractivity contribution in [2.75, 3.05) is 19.7 Å². The molecule has 116 valence electrons. The fourth-order valence-electron chi connectivity index (χ4n) is 4.55. The lowest BCUT2D eigenvalue weighted by molar-refractivity contribution is -0.125. The van der Waals surface area contributed by atoms with Crippen molar-refractivity contribution in [2.45, 2.75) is 32.3 Å². The second kappa shape index (κ2) is 4.42. The number of Topliss-reactive ketones (excluding diaryl/α,β-unsaturated/α-hetero) is 1. The van der Waals surface area contributed by atoms with Crippen LogP contribution in [0.2, 0.25) is 0 Å². The Hall–Kier alpha value is -1.20. The molecule has 0 bridgehead atoms. The number of amides is 1. The first-order chi connectivity index (χ1) is 10.7. The van der Waals surface area contributed by atoms with Crippen LogP contribution >= 0.6 is 11.3 Å². The molecule has 2 atom stereocenters. The van der Waals surface area contributed by atoms with Crippen LogP contribution in [0, 0.1) is 17.3 Å². The number of carbonyl (C=O) groups excluding carboxylic acids is 2. The van der Waals surface area contributed by atoms with Gasteiger partial charge in [-0.15, -0.1) is 11.3 Å². The second-order valence-corrected chi connectivity index (χ2v) is 8.42. The summed E-state index contributed by atoms with van der Waals surface area (Å²) in [5, 5.41) is 0. The average Bonchev–Trinajstić information content (AvgIpc) is 2.92. The van der Waals surface area contributed by atoms with Crippen LogP contribution in [0.3, 0.4) is 0 Å². The summed E-state index contributed by atoms with van der Waals surface area (Å²) in [4.78, 5) is 29.3. The Kier molecular flexibility index (Phi) is 2.66. The lowest BCUT2D eigenvalue weighted by Gasteiger charge is -2.17. The van der Waals surface area contributed by atoms with Crippen molar-refractivity contribution in [3.8, 4) is 0 Å². The van der Waals surface area contributed by atoms with Crippen molar-refractivity contribution < 1.29 is 14.3 Å². The molecule has 0 unspecified atom stereocenters. The first-order valence-corrected chi connectivity index (χ1v) is 9.01. The molecule has 3 fully saturated rings. The van der Waals surface area contributed by atoms with Crippen molar-refractivity contribution in [3.05, 3.63) is 21.4 Å². The van der Waals surface area contributed by atoms with Crippen molar-refractivity contribution >= 4 is 23.0 Å². The van der Waals surface area contributed by atoms with Gasteiger partial charge in [0.15, 0.2) is 0 Å². The smallest absolute Gasteiger partial charge is 0.263 e. The molecule has 5 rings (SSSR count). The highest BCUT2D eigenvalue weighted by atomic mass is 32.1. The van der Waals surface area contributed by atoms with Gasteiger partial charge in [-0.1, -0.05) is 0 Å². The van der Waals surface area contributed by atoms with E-state index in [4.69, 9.17) is 4.74 Å². The number of fused-ring (bicyclic) bond motifs is 2. The largest absolute Gasteiger partial charge is 0.376 e. The topological polar surface area (TPSA) is 46.6 Å². The van der Waals surface area contributed by atoms with E-state index in [0.717, 1.165) is 43.7 Å². The molecule has 1 aromatic heterocycles. The SMILES string of the molecule is O=C(c1cc2c(s1)CCOC2)N1C[C@@H]2CC3(CC3)C(=O)[C@@H]2C1. The van der Waals surface area contributed by atoms with Crippen LogP contribution in [0.4, 0.5) is 0 Å². The van der Waals surface area contributed by atoms with Gasteiger partial charge in [-0.2, -0.15) is 0 Å². The zero-order valence-corrected chi connectivity index (χ0v) is 13.3. The predicted molar refractivity (Wildman–Crippen MR) is 81.9 cm³/mol. The van der Waals surface area contributed by atoms with E-state index in [1.807, 2.05) is 11.0 Å². The number of ketones is 1. The molecule has 1 aromatic rings. The summed E-state index contributed by atoms with van der Waals surface area (Å²) >= 11 is 1.62. The van der Waals surface area contributed by atoms with Gasteiger partial charge in [-0.05, 0) is 36.8 Å². The van der Waals surface area contributed by atoms with E-state index in [0.29, 0.717) is 24.9 Å². The Bertz CT molecular complexity index is 652. The lowest BCUT2D eigenvalue weighted by Crippen LogP contribution is -2.31. The number of likely N-dealkylation sites (tertiary alicyclic amines) is 1. The maximum absolute atomic E-state index is 12.8. The molecule has 5 heteroatoms. The van der Waals surface area contributed by atoms with Gasteiger partial charge in [0.2, 0.25) is 0 Å². The fourth-order valence-corrected chi connectivity index (χ4v) is 5.66. The van der Waals surface area contributed by atoms with Gasteiger partial charge in [-0.25, -0.2) is 0 Å². The maximum atomic E-state index is 12.8. The zero-order valence-electron chi connectivity index (χ0n) is 12.5. The minimum Gasteiger partial charge on any atom is -0.376 e. The molecule has 2 aliphatic heterocycles. The Balaban J connectivity index is 1.35. The van der Waals surface area contributed by atoms with E-state index < -0.39 is 0 Å². The van der Waals surface area contributed by atoms with Gasteiger partial charge in [0.05, 0.1) is 18.1 Å². The van der Waals surface area contributed by atoms with Crippen molar-refractivity contribution in [3.63, 3.8) is 0 Å². The van der Waals surface area contributed by atoms with Crippen LogP contribution in [-0.2, 0) is 22.6 Å². The summed E-state index contributed by atoms with van der Waals surface area (Å²) in [6, 6.07) is 2.00. The van der Waals surface area contributed by atoms with Crippen molar-refractivity contribution in [1.29, 1.82) is 0 Å². The standard InChI is InChI=1S/C17H19NO3S/c19-15-12-8-18(7-11(12)6-17(15)2-3-17)16(20)14-5-10-9-21-4-1-13(10)22-14/h5,11-12H,1-4,6-9H2/t11-,12+/m0/s1. The van der Waals surface area contributed by atoms with Crippen LogP contribution < -0.4 is 0 Å². The highest BCUT2D eigenvalue weighted by Crippen LogP contribution is 2.60. The molecular formula is C17H19NO3S. The summed E-state index contributed by atoms with van der Waals surface area (Å²) in [5.74, 6) is 1.10. The molecule has 0 aromatic carbocycles. The Labute approximate surface area is 133 Å². The van der Waals surface area contributed by atoms with Gasteiger partial charge in [0.25, 0.3) is 5.91 Å². The quantitative estimate of drug-likeness (QED) is 0.798. The number of hydrogen-bond donors (Lipinski definition) is 0. The summed E-state index contributed by atoms with van der Waals surface area (Å²) in [5.41, 5.74) is 1.22. The van der Waals surface area contributed by atoms with E-state index >= 15 is 0 Å². The Morgan fingerprint density at radius 2 is 2.23 bits per heavy atom. The van der Waals surface area contributed by atoms with Gasteiger partial charge in [0, 0.05) is 35.7 Å². The third-order valence-electron chi connectivity index (χ3n) is 5.93. The molecule has 4 aliphatic rings. The van der Waals surface area contributed by atoms with Gasteiger partial charge < -0.3 is 9.64 Å². The number of hydrogen-bond acceptors (Lipinski definition) is 4. The first-order valence-electron chi connectivity index (χ1n) is 8.19. The zero-order chi connectivity index (χ0) is 14.9. The number of nitrogens with zero attached hydrogens (tertiary/aromatic N) is 1. The molecule has 22 heavy (non-hydrogen) atoms. The van der Waals surface area contributed by atoms with Gasteiger partial charge in [-0.3, -0.25) is 9.59 Å². The molecule has 1 amide bonds. The van der Waals surface area contributed by atoms with Crippen molar-refractivity contribution in [2.24, 2.45) is 17.3 Å². The third kappa shape index (κ3) is 1.78. The molecule has 4 nitrogen and oxygen atoms in total. The molecule has 2 saturated carbocycles. The predicted octanol–water partition coefficient (Wildman–Crippen LogP) is 2.26. The summed E-state index contributed by atoms with van der Waals surface area (Å²) in [6.07, 6.45) is 4.11. The van der Waals surface area contributed by atoms with Crippen LogP contribution in [0.1, 0.15) is 39.4 Å². The van der Waals surface area contributed by atoms with Crippen LogP contribution in [-0.4, -0.2) is 36.3 Å². The molecular weight excluding hydrogens is 298 g/mol. The molecule has 0 radical (unpaired) electrons. The number of ether oxygens (including phenoxy) is 1. The van der Waals surface area contributed by atoms with Crippen molar-refractivity contribution in [1.82, 2.24) is 4.90 Å². The van der Waals surface area contributed by atoms with E-state index in [1.165, 1.54) is 10.4 Å². The molecule has 2 aliphatic carbocycles. The Morgan fingerprint density at radius 1 is 1.36 bits per heavy atom. The maximum Gasteiger partial charge on any atom is 0.263 e. The highest BCUT2D eigenvalue weighted by molar-refractivity contribution is 7.14. The van der Waals surface area contributed by atoms with Crippen LogP contribution in [0.15, 0.2) is 6.07 Å². The summed E-state index contributed by atoms with van der Waals surface area (Å²) in [7, 11) is 0. The van der Waals surface area contributed by atoms with Crippen LogP contribution in [0.25, 0.3) is 0 Å². The van der Waals surface area contributed by atoms with Gasteiger partial charge >= 0.3 is 0 Å². The van der Waals surface area contributed by atoms with Crippen LogP contribution in [0.5, 0.6) is 0 Å². The van der Waals surface area contributed by atoms with E-state index in [1.54, 1.807) is 11.3 Å². The number of thiophene rings is 1. The Morgan fingerprint density at radius 3 is 2.95 bits per heavy atom. The molecule has 0 N–H and O–H groups in total. The minimum absolute atomic E-state index is 0.0455. The summed E-state index contributed by atoms with van der Waals surface area (Å²) < 4.78 is 5.46. The van der Waals surface area contributed by atoms with E-state index in [2.05, 4.69) is 0 Å². The lowest BCUT2D eigenvalue weighted by atomic mass is 10.00. The normalized spacial score (nSPS) is 31.5. The highest BCUT2D eigenvalue weighted by Gasteiger charge is 2.62. The second-order valence-electron chi connectivity index (χ2n) is 7.29. The number of rotatable bonds is 1. The monoisotopic (exact) mass is 317 g/mol. The number of carbonyl (C=O) groups is 2. The molecule has 1 saturated heterocycles.